The molecule has 0 saturated heterocycles. The number of carbonyl (C=O) groups is 2. The number of ether oxygens (including phenoxy) is 2. The van der Waals surface area contributed by atoms with Gasteiger partial charge in [-0.25, -0.2) is 5.48 Å². The molecule has 3 aromatic carbocycles. The molecule has 3 aromatic rings. The fourth-order valence-corrected chi connectivity index (χ4v) is 2.71. The van der Waals surface area contributed by atoms with E-state index in [1.54, 1.807) is 24.3 Å². The Morgan fingerprint density at radius 1 is 0.828 bits per heavy atom. The SMILES string of the molecule is O=C(CC(=O)NO)Cc1ccc(OCc2ccccc2Oc2ccccc2)cc1. The standard InChI is InChI=1S/C23H21NO5/c25-19(15-23(26)24-27)14-17-10-12-20(13-11-17)28-16-18-6-4-5-9-22(18)29-21-7-2-1-3-8-21/h1-13,27H,14-16H2,(H,24,26). The van der Waals surface area contributed by atoms with Crippen LogP contribution in [0.1, 0.15) is 17.5 Å². The van der Waals surface area contributed by atoms with Crippen LogP contribution in [0.5, 0.6) is 17.2 Å². The molecule has 0 fully saturated rings. The molecular formula is C23H21NO5. The molecule has 0 aliphatic heterocycles. The van der Waals surface area contributed by atoms with Gasteiger partial charge < -0.3 is 9.47 Å². The van der Waals surface area contributed by atoms with Crippen LogP contribution in [-0.2, 0) is 22.6 Å². The van der Waals surface area contributed by atoms with Crippen molar-refractivity contribution < 1.29 is 24.3 Å². The van der Waals surface area contributed by atoms with Gasteiger partial charge in [-0.3, -0.25) is 14.8 Å². The number of benzene rings is 3. The highest BCUT2D eigenvalue weighted by atomic mass is 16.5. The lowest BCUT2D eigenvalue weighted by Gasteiger charge is -2.12. The number of amides is 1. The molecule has 1 amide bonds. The van der Waals surface area contributed by atoms with Crippen molar-refractivity contribution in [3.8, 4) is 17.2 Å². The molecule has 0 aliphatic carbocycles. The summed E-state index contributed by atoms with van der Waals surface area (Å²) in [4.78, 5) is 22.8. The topological polar surface area (TPSA) is 84.9 Å². The molecule has 0 aliphatic rings. The van der Waals surface area contributed by atoms with Gasteiger partial charge in [-0.1, -0.05) is 48.5 Å². The first kappa shape index (κ1) is 20.1. The van der Waals surface area contributed by atoms with Crippen LogP contribution < -0.4 is 15.0 Å². The van der Waals surface area contributed by atoms with E-state index in [4.69, 9.17) is 14.7 Å². The zero-order valence-corrected chi connectivity index (χ0v) is 15.7. The first-order valence-corrected chi connectivity index (χ1v) is 9.11. The molecule has 29 heavy (non-hydrogen) atoms. The van der Waals surface area contributed by atoms with E-state index in [2.05, 4.69) is 0 Å². The predicted octanol–water partition coefficient (Wildman–Crippen LogP) is 4.07. The van der Waals surface area contributed by atoms with Crippen molar-refractivity contribution in [1.82, 2.24) is 5.48 Å². The summed E-state index contributed by atoms with van der Waals surface area (Å²) in [5.74, 6) is 1.14. The van der Waals surface area contributed by atoms with E-state index in [0.717, 1.165) is 22.6 Å². The first-order chi connectivity index (χ1) is 14.1. The van der Waals surface area contributed by atoms with E-state index in [0.29, 0.717) is 12.4 Å². The molecular weight excluding hydrogens is 370 g/mol. The monoisotopic (exact) mass is 391 g/mol. The average Bonchev–Trinajstić information content (AvgIpc) is 2.74. The Labute approximate surface area is 168 Å². The van der Waals surface area contributed by atoms with E-state index in [9.17, 15) is 9.59 Å². The van der Waals surface area contributed by atoms with Crippen LogP contribution in [0.3, 0.4) is 0 Å². The summed E-state index contributed by atoms with van der Waals surface area (Å²) in [5.41, 5.74) is 3.13. The second-order valence-corrected chi connectivity index (χ2v) is 6.38. The smallest absolute Gasteiger partial charge is 0.250 e. The van der Waals surface area contributed by atoms with Crippen LogP contribution in [0.15, 0.2) is 78.9 Å². The van der Waals surface area contributed by atoms with Gasteiger partial charge >= 0.3 is 0 Å². The summed E-state index contributed by atoms with van der Waals surface area (Å²) in [7, 11) is 0. The van der Waals surface area contributed by atoms with Crippen molar-refractivity contribution in [2.24, 2.45) is 0 Å². The number of para-hydroxylation sites is 2. The van der Waals surface area contributed by atoms with E-state index in [1.807, 2.05) is 54.6 Å². The summed E-state index contributed by atoms with van der Waals surface area (Å²) in [6.45, 7) is 0.331. The van der Waals surface area contributed by atoms with Crippen molar-refractivity contribution in [2.75, 3.05) is 0 Å². The largest absolute Gasteiger partial charge is 0.489 e. The van der Waals surface area contributed by atoms with Crippen molar-refractivity contribution in [2.45, 2.75) is 19.4 Å². The molecule has 6 nitrogen and oxygen atoms in total. The summed E-state index contributed by atoms with van der Waals surface area (Å²) < 4.78 is 11.8. The quantitative estimate of drug-likeness (QED) is 0.326. The van der Waals surface area contributed by atoms with Gasteiger partial charge in [0, 0.05) is 12.0 Å². The Bertz CT molecular complexity index is 955. The number of rotatable bonds is 9. The molecule has 0 spiro atoms. The molecule has 0 aromatic heterocycles. The van der Waals surface area contributed by atoms with Gasteiger partial charge in [0.15, 0.2) is 0 Å². The second-order valence-electron chi connectivity index (χ2n) is 6.38. The van der Waals surface area contributed by atoms with Crippen LogP contribution in [-0.4, -0.2) is 16.9 Å². The van der Waals surface area contributed by atoms with Crippen molar-refractivity contribution in [1.29, 1.82) is 0 Å². The second kappa shape index (κ2) is 10.1. The molecule has 3 rings (SSSR count). The lowest BCUT2D eigenvalue weighted by Crippen LogP contribution is -2.22. The van der Waals surface area contributed by atoms with Gasteiger partial charge in [0.25, 0.3) is 5.91 Å². The Kier molecular flexibility index (Phi) is 6.97. The summed E-state index contributed by atoms with van der Waals surface area (Å²) in [5, 5.41) is 8.46. The van der Waals surface area contributed by atoms with Gasteiger partial charge in [0.2, 0.25) is 0 Å². The highest BCUT2D eigenvalue weighted by molar-refractivity contribution is 5.98. The van der Waals surface area contributed by atoms with E-state index in [1.165, 1.54) is 5.48 Å². The fourth-order valence-electron chi connectivity index (χ4n) is 2.71. The lowest BCUT2D eigenvalue weighted by molar-refractivity contribution is -0.133. The Balaban J connectivity index is 1.58. The van der Waals surface area contributed by atoms with Gasteiger partial charge in [-0.15, -0.1) is 0 Å². The van der Waals surface area contributed by atoms with Crippen molar-refractivity contribution in [3.63, 3.8) is 0 Å². The Morgan fingerprint density at radius 3 is 2.24 bits per heavy atom. The lowest BCUT2D eigenvalue weighted by atomic mass is 10.1. The highest BCUT2D eigenvalue weighted by Gasteiger charge is 2.10. The molecule has 148 valence electrons. The maximum absolute atomic E-state index is 11.7. The molecule has 0 saturated carbocycles. The molecule has 0 radical (unpaired) electrons. The van der Waals surface area contributed by atoms with E-state index < -0.39 is 5.91 Å². The van der Waals surface area contributed by atoms with Crippen LogP contribution in [0, 0.1) is 0 Å². The normalized spacial score (nSPS) is 10.2. The number of carbonyl (C=O) groups excluding carboxylic acids is 2. The van der Waals surface area contributed by atoms with E-state index in [-0.39, 0.29) is 18.6 Å². The summed E-state index contributed by atoms with van der Waals surface area (Å²) in [6.07, 6.45) is -0.242. The maximum Gasteiger partial charge on any atom is 0.250 e. The van der Waals surface area contributed by atoms with Crippen LogP contribution in [0.25, 0.3) is 0 Å². The minimum atomic E-state index is -0.716. The van der Waals surface area contributed by atoms with Crippen LogP contribution in [0.4, 0.5) is 0 Å². The molecule has 0 bridgehead atoms. The minimum Gasteiger partial charge on any atom is -0.489 e. The predicted molar refractivity (Wildman–Crippen MR) is 107 cm³/mol. The van der Waals surface area contributed by atoms with Gasteiger partial charge in [0.05, 0.1) is 6.42 Å². The molecule has 0 atom stereocenters. The number of nitrogens with one attached hydrogen (secondary N) is 1. The van der Waals surface area contributed by atoms with Crippen LogP contribution >= 0.6 is 0 Å². The first-order valence-electron chi connectivity index (χ1n) is 9.11. The van der Waals surface area contributed by atoms with Crippen molar-refractivity contribution >= 4 is 11.7 Å². The van der Waals surface area contributed by atoms with Gasteiger partial charge in [-0.2, -0.15) is 0 Å². The molecule has 2 N–H and O–H groups in total. The number of hydroxylamine groups is 1. The van der Waals surface area contributed by atoms with Gasteiger partial charge in [0.1, 0.15) is 29.6 Å². The van der Waals surface area contributed by atoms with Crippen molar-refractivity contribution in [3.05, 3.63) is 90.0 Å². The molecule has 0 unspecified atom stereocenters. The minimum absolute atomic E-state index is 0.113. The number of ketones is 1. The van der Waals surface area contributed by atoms with Crippen LogP contribution in [0.2, 0.25) is 0 Å². The summed E-state index contributed by atoms with van der Waals surface area (Å²) >= 11 is 0. The molecule has 0 heterocycles. The number of Topliss-reactive ketones (excluding diaryl/α,β-unsaturated/α-hetero) is 1. The third kappa shape index (κ3) is 6.19. The average molecular weight is 391 g/mol. The highest BCUT2D eigenvalue weighted by Crippen LogP contribution is 2.26. The summed E-state index contributed by atoms with van der Waals surface area (Å²) in [6, 6.07) is 24.3. The zero-order chi connectivity index (χ0) is 20.5. The number of hydrogen-bond acceptors (Lipinski definition) is 5. The third-order valence-electron chi connectivity index (χ3n) is 4.15. The maximum atomic E-state index is 11.7. The number of hydrogen-bond donors (Lipinski definition) is 2. The Morgan fingerprint density at radius 2 is 1.52 bits per heavy atom. The molecule has 6 heteroatoms. The Hall–Kier alpha value is -3.64. The van der Waals surface area contributed by atoms with Gasteiger partial charge in [-0.05, 0) is 35.9 Å². The zero-order valence-electron chi connectivity index (χ0n) is 15.7. The fraction of sp³-hybridized carbons (Fsp3) is 0.130. The third-order valence-corrected chi connectivity index (χ3v) is 4.15. The van der Waals surface area contributed by atoms with E-state index >= 15 is 0 Å².